The van der Waals surface area contributed by atoms with Crippen molar-refractivity contribution in [3.8, 4) is 0 Å². The van der Waals surface area contributed by atoms with Gasteiger partial charge in [-0.15, -0.1) is 0 Å². The summed E-state index contributed by atoms with van der Waals surface area (Å²) in [6.45, 7) is 2.95. The smallest absolute Gasteiger partial charge is 0.398 e. The Morgan fingerprint density at radius 3 is 2.58 bits per heavy atom. The van der Waals surface area contributed by atoms with Gasteiger partial charge in [0.25, 0.3) is 5.91 Å². The minimum absolute atomic E-state index is 0.149. The molecule has 1 aliphatic heterocycles. The summed E-state index contributed by atoms with van der Waals surface area (Å²) in [5.74, 6) is -0.810. The van der Waals surface area contributed by atoms with Gasteiger partial charge < -0.3 is 26.9 Å². The van der Waals surface area contributed by atoms with Crippen molar-refractivity contribution in [2.75, 3.05) is 11.1 Å². The third-order valence-electron chi connectivity index (χ3n) is 3.76. The third-order valence-corrected chi connectivity index (χ3v) is 3.76. The number of halogens is 3. The van der Waals surface area contributed by atoms with Crippen LogP contribution < -0.4 is 16.4 Å². The number of nitrogens with two attached hydrogens (primary N) is 1. The summed E-state index contributed by atoms with van der Waals surface area (Å²) in [6.07, 6.45) is -0.305. The SMILES string of the molecule is CC(C)(O)c1cc(N)c(C=N)cc1NC(=O)C1=CC=CC(C(F)(F)F)N1. The van der Waals surface area contributed by atoms with Gasteiger partial charge in [0.15, 0.2) is 0 Å². The van der Waals surface area contributed by atoms with Gasteiger partial charge in [-0.2, -0.15) is 13.2 Å². The fourth-order valence-corrected chi connectivity index (χ4v) is 2.42. The molecule has 0 aliphatic carbocycles. The van der Waals surface area contributed by atoms with E-state index in [-0.39, 0.29) is 22.6 Å². The van der Waals surface area contributed by atoms with Gasteiger partial charge in [-0.1, -0.05) is 12.2 Å². The normalized spacial score (nSPS) is 17.3. The zero-order valence-electron chi connectivity index (χ0n) is 14.1. The lowest BCUT2D eigenvalue weighted by atomic mass is 9.94. The van der Waals surface area contributed by atoms with Gasteiger partial charge >= 0.3 is 6.18 Å². The Morgan fingerprint density at radius 2 is 2.04 bits per heavy atom. The number of benzene rings is 1. The van der Waals surface area contributed by atoms with Crippen molar-refractivity contribution in [1.82, 2.24) is 5.32 Å². The predicted molar refractivity (Wildman–Crippen MR) is 92.8 cm³/mol. The molecule has 26 heavy (non-hydrogen) atoms. The van der Waals surface area contributed by atoms with Crippen LogP contribution in [0.25, 0.3) is 0 Å². The van der Waals surface area contributed by atoms with E-state index in [4.69, 9.17) is 11.1 Å². The van der Waals surface area contributed by atoms with E-state index < -0.39 is 23.7 Å². The fraction of sp³-hybridized carbons (Fsp3) is 0.294. The molecule has 1 aliphatic rings. The summed E-state index contributed by atoms with van der Waals surface area (Å²) in [7, 11) is 0. The van der Waals surface area contributed by atoms with Crippen molar-refractivity contribution in [2.24, 2.45) is 0 Å². The number of nitrogen functional groups attached to an aromatic ring is 1. The average Bonchev–Trinajstić information content (AvgIpc) is 2.54. The number of hydrogen-bond donors (Lipinski definition) is 5. The van der Waals surface area contributed by atoms with Gasteiger partial charge in [-0.05, 0) is 32.1 Å². The summed E-state index contributed by atoms with van der Waals surface area (Å²) in [4.78, 5) is 12.4. The predicted octanol–water partition coefficient (Wildman–Crippen LogP) is 2.41. The number of rotatable bonds is 4. The molecule has 0 saturated heterocycles. The number of aliphatic hydroxyl groups is 1. The maximum Gasteiger partial charge on any atom is 0.412 e. The van der Waals surface area contributed by atoms with Gasteiger partial charge in [0.05, 0.1) is 5.60 Å². The Morgan fingerprint density at radius 1 is 1.38 bits per heavy atom. The van der Waals surface area contributed by atoms with Crippen LogP contribution in [0.3, 0.4) is 0 Å². The highest BCUT2D eigenvalue weighted by atomic mass is 19.4. The first-order valence-corrected chi connectivity index (χ1v) is 7.63. The first-order chi connectivity index (χ1) is 11.9. The molecule has 1 amide bonds. The molecule has 1 aromatic rings. The van der Waals surface area contributed by atoms with Crippen molar-refractivity contribution >= 4 is 23.5 Å². The van der Waals surface area contributed by atoms with Gasteiger partial charge in [-0.25, -0.2) is 0 Å². The zero-order chi connectivity index (χ0) is 19.7. The van der Waals surface area contributed by atoms with Crippen LogP contribution in [0, 0.1) is 5.41 Å². The summed E-state index contributed by atoms with van der Waals surface area (Å²) in [5, 5.41) is 22.2. The second kappa shape index (κ2) is 6.83. The van der Waals surface area contributed by atoms with E-state index in [1.54, 1.807) is 0 Å². The van der Waals surface area contributed by atoms with Crippen molar-refractivity contribution in [3.05, 3.63) is 47.2 Å². The lowest BCUT2D eigenvalue weighted by molar-refractivity contribution is -0.143. The Kier molecular flexibility index (Phi) is 5.13. The number of carbonyl (C=O) groups excluding carboxylic acids is 1. The molecule has 9 heteroatoms. The number of nitrogens with one attached hydrogen (secondary N) is 3. The van der Waals surface area contributed by atoms with E-state index in [1.165, 1.54) is 32.1 Å². The number of alkyl halides is 3. The molecule has 1 unspecified atom stereocenters. The maximum absolute atomic E-state index is 12.8. The van der Waals surface area contributed by atoms with E-state index in [2.05, 4.69) is 10.6 Å². The first-order valence-electron chi connectivity index (χ1n) is 7.63. The molecule has 1 aromatic carbocycles. The second-order valence-corrected chi connectivity index (χ2v) is 6.31. The average molecular weight is 368 g/mol. The molecule has 0 spiro atoms. The number of amides is 1. The molecule has 6 N–H and O–H groups in total. The van der Waals surface area contributed by atoms with E-state index >= 15 is 0 Å². The van der Waals surface area contributed by atoms with Crippen LogP contribution in [0.4, 0.5) is 24.5 Å². The highest BCUT2D eigenvalue weighted by Gasteiger charge is 2.39. The number of dihydropyridines is 1. The number of allylic oxidation sites excluding steroid dienone is 2. The summed E-state index contributed by atoms with van der Waals surface area (Å²) in [6, 6.07) is 0.830. The van der Waals surface area contributed by atoms with E-state index in [1.807, 2.05) is 0 Å². The van der Waals surface area contributed by atoms with Gasteiger partial charge in [0.2, 0.25) is 0 Å². The molecule has 1 atom stereocenters. The highest BCUT2D eigenvalue weighted by molar-refractivity contribution is 6.05. The van der Waals surface area contributed by atoms with Crippen molar-refractivity contribution in [2.45, 2.75) is 31.7 Å². The highest BCUT2D eigenvalue weighted by Crippen LogP contribution is 2.32. The molecule has 0 saturated carbocycles. The lowest BCUT2D eigenvalue weighted by Gasteiger charge is -2.25. The van der Waals surface area contributed by atoms with Gasteiger partial charge in [0.1, 0.15) is 11.7 Å². The third kappa shape index (κ3) is 4.23. The molecule has 6 nitrogen and oxygen atoms in total. The number of hydrogen-bond acceptors (Lipinski definition) is 5. The summed E-state index contributed by atoms with van der Waals surface area (Å²) in [5.41, 5.74) is 5.10. The van der Waals surface area contributed by atoms with E-state index in [0.29, 0.717) is 5.56 Å². The number of anilines is 2. The maximum atomic E-state index is 12.8. The van der Waals surface area contributed by atoms with Gasteiger partial charge in [0, 0.05) is 28.7 Å². The van der Waals surface area contributed by atoms with E-state index in [9.17, 15) is 23.1 Å². The lowest BCUT2D eigenvalue weighted by Crippen LogP contribution is -2.44. The zero-order valence-corrected chi connectivity index (χ0v) is 14.1. The molecular weight excluding hydrogens is 349 g/mol. The Bertz CT molecular complexity index is 792. The van der Waals surface area contributed by atoms with Crippen LogP contribution in [0.5, 0.6) is 0 Å². The number of carbonyl (C=O) groups is 1. The molecule has 0 fully saturated rings. The summed E-state index contributed by atoms with van der Waals surface area (Å²) >= 11 is 0. The van der Waals surface area contributed by atoms with Crippen LogP contribution in [0.1, 0.15) is 25.0 Å². The summed E-state index contributed by atoms with van der Waals surface area (Å²) < 4.78 is 38.5. The molecule has 0 aromatic heterocycles. The minimum Gasteiger partial charge on any atom is -0.398 e. The Hall–Kier alpha value is -2.81. The van der Waals surface area contributed by atoms with Crippen LogP contribution in [0.2, 0.25) is 0 Å². The molecular formula is C17H19F3N4O2. The van der Waals surface area contributed by atoms with Crippen LogP contribution in [-0.4, -0.2) is 29.4 Å². The monoisotopic (exact) mass is 368 g/mol. The van der Waals surface area contributed by atoms with Crippen molar-refractivity contribution in [3.63, 3.8) is 0 Å². The molecule has 1 heterocycles. The fourth-order valence-electron chi connectivity index (χ4n) is 2.42. The molecule has 2 rings (SSSR count). The van der Waals surface area contributed by atoms with Crippen molar-refractivity contribution in [1.29, 1.82) is 5.41 Å². The molecule has 0 bridgehead atoms. The quantitative estimate of drug-likeness (QED) is 0.415. The van der Waals surface area contributed by atoms with Crippen molar-refractivity contribution < 1.29 is 23.1 Å². The minimum atomic E-state index is -4.54. The largest absolute Gasteiger partial charge is 0.412 e. The first kappa shape index (κ1) is 19.5. The topological polar surface area (TPSA) is 111 Å². The van der Waals surface area contributed by atoms with Gasteiger partial charge in [-0.3, -0.25) is 4.79 Å². The van der Waals surface area contributed by atoms with Crippen LogP contribution in [0.15, 0.2) is 36.1 Å². The van der Waals surface area contributed by atoms with Crippen LogP contribution in [-0.2, 0) is 10.4 Å². The van der Waals surface area contributed by atoms with Crippen LogP contribution >= 0.6 is 0 Å². The standard InChI is InChI=1S/C17H19F3N4O2/c1-16(2,26)10-7-11(22)9(8-21)6-13(10)24-15(25)12-4-3-5-14(23-12)17(18,19)20/h3-8,14,21,23,26H,22H2,1-2H3,(H,24,25). The van der Waals surface area contributed by atoms with E-state index in [0.717, 1.165) is 18.4 Å². The second-order valence-electron chi connectivity index (χ2n) is 6.31. The molecule has 140 valence electrons. The molecule has 0 radical (unpaired) electrons. The Labute approximate surface area is 148 Å². The Balaban J connectivity index is 2.33.